The van der Waals surface area contributed by atoms with Crippen molar-refractivity contribution >= 4 is 22.3 Å². The minimum atomic E-state index is 0.600. The fourth-order valence-corrected chi connectivity index (χ4v) is 1.81. The third-order valence-corrected chi connectivity index (χ3v) is 2.65. The summed E-state index contributed by atoms with van der Waals surface area (Å²) in [4.78, 5) is 0. The predicted molar refractivity (Wildman–Crippen MR) is 71.7 cm³/mol. The van der Waals surface area contributed by atoms with Gasteiger partial charge in [0, 0.05) is 12.1 Å². The van der Waals surface area contributed by atoms with Crippen LogP contribution in [0.25, 0.3) is 10.8 Å². The molecule has 3 heteroatoms. The van der Waals surface area contributed by atoms with Crippen LogP contribution in [0.3, 0.4) is 0 Å². The van der Waals surface area contributed by atoms with Crippen LogP contribution in [-0.4, -0.2) is 11.0 Å². The minimum absolute atomic E-state index is 0.600. The summed E-state index contributed by atoms with van der Waals surface area (Å²) in [7, 11) is 0. The molecular weight excluding hydrogens is 212 g/mol. The first-order valence-electron chi connectivity index (χ1n) is 5.80. The van der Waals surface area contributed by atoms with Crippen molar-refractivity contribution in [1.29, 1.82) is 0 Å². The number of hydrogen-bond acceptors (Lipinski definition) is 2. The quantitative estimate of drug-likeness (QED) is 0.363. The Morgan fingerprint density at radius 2 is 1.94 bits per heavy atom. The topological polar surface area (TPSA) is 44.6 Å². The van der Waals surface area contributed by atoms with Gasteiger partial charge in [-0.15, -0.1) is 0 Å². The number of fused-ring (bicyclic) bond motifs is 1. The van der Waals surface area contributed by atoms with Gasteiger partial charge in [0.25, 0.3) is 0 Å². The number of amidine groups is 1. The van der Waals surface area contributed by atoms with Crippen LogP contribution < -0.4 is 5.32 Å². The van der Waals surface area contributed by atoms with E-state index >= 15 is 0 Å². The molecule has 17 heavy (non-hydrogen) atoms. The molecule has 0 saturated heterocycles. The molecule has 0 amide bonds. The fraction of sp³-hybridized carbons (Fsp3) is 0.214. The Balaban J connectivity index is 2.24. The molecule has 2 aromatic rings. The Bertz CT molecular complexity index is 534. The summed E-state index contributed by atoms with van der Waals surface area (Å²) in [6.07, 6.45) is 1.68. The lowest BCUT2D eigenvalue weighted by Crippen LogP contribution is -2.11. The fourth-order valence-electron chi connectivity index (χ4n) is 1.81. The first-order valence-corrected chi connectivity index (χ1v) is 5.80. The molecule has 0 aliphatic rings. The van der Waals surface area contributed by atoms with Crippen molar-refractivity contribution in [3.8, 4) is 0 Å². The number of oxime groups is 1. The normalized spacial score (nSPS) is 11.7. The maximum atomic E-state index is 8.86. The summed E-state index contributed by atoms with van der Waals surface area (Å²) in [6.45, 7) is 2.05. The molecular formula is C14H16N2O. The molecule has 0 saturated carbocycles. The summed E-state index contributed by atoms with van der Waals surface area (Å²) >= 11 is 0. The lowest BCUT2D eigenvalue weighted by Gasteiger charge is -2.08. The summed E-state index contributed by atoms with van der Waals surface area (Å²) in [5.41, 5.74) is 0.949. The molecule has 0 unspecified atom stereocenters. The highest BCUT2D eigenvalue weighted by Gasteiger charge is 2.00. The average molecular weight is 228 g/mol. The zero-order valence-electron chi connectivity index (χ0n) is 9.85. The van der Waals surface area contributed by atoms with Crippen LogP contribution >= 0.6 is 0 Å². The number of nitrogens with zero attached hydrogens (tertiary/aromatic N) is 1. The smallest absolute Gasteiger partial charge is 0.146 e. The van der Waals surface area contributed by atoms with Crippen LogP contribution in [0.4, 0.5) is 5.69 Å². The largest absolute Gasteiger partial charge is 0.409 e. The monoisotopic (exact) mass is 228 g/mol. The van der Waals surface area contributed by atoms with Crippen LogP contribution in [0.5, 0.6) is 0 Å². The molecule has 88 valence electrons. The molecule has 2 aromatic carbocycles. The molecule has 0 heterocycles. The Hall–Kier alpha value is -2.03. The van der Waals surface area contributed by atoms with E-state index < -0.39 is 0 Å². The van der Waals surface area contributed by atoms with Crippen molar-refractivity contribution in [2.75, 3.05) is 5.32 Å². The zero-order valence-corrected chi connectivity index (χ0v) is 9.85. The van der Waals surface area contributed by atoms with Gasteiger partial charge in [-0.1, -0.05) is 42.4 Å². The van der Waals surface area contributed by atoms with Gasteiger partial charge in [-0.25, -0.2) is 0 Å². The van der Waals surface area contributed by atoms with Crippen molar-refractivity contribution in [2.45, 2.75) is 19.8 Å². The maximum Gasteiger partial charge on any atom is 0.146 e. The van der Waals surface area contributed by atoms with E-state index in [4.69, 9.17) is 5.21 Å². The van der Waals surface area contributed by atoms with Crippen LogP contribution in [0.2, 0.25) is 0 Å². The van der Waals surface area contributed by atoms with Gasteiger partial charge in [0.2, 0.25) is 0 Å². The van der Waals surface area contributed by atoms with Crippen molar-refractivity contribution in [3.05, 3.63) is 42.5 Å². The Labute approximate surface area is 101 Å². The maximum absolute atomic E-state index is 8.86. The van der Waals surface area contributed by atoms with E-state index in [2.05, 4.69) is 34.7 Å². The first-order chi connectivity index (χ1) is 8.33. The van der Waals surface area contributed by atoms with Crippen LogP contribution in [0, 0.1) is 0 Å². The molecule has 2 rings (SSSR count). The minimum Gasteiger partial charge on any atom is -0.409 e. The van der Waals surface area contributed by atoms with E-state index in [9.17, 15) is 0 Å². The molecule has 0 aliphatic heterocycles. The van der Waals surface area contributed by atoms with Gasteiger partial charge >= 0.3 is 0 Å². The number of hydrogen-bond donors (Lipinski definition) is 2. The average Bonchev–Trinajstić information content (AvgIpc) is 2.38. The van der Waals surface area contributed by atoms with Gasteiger partial charge < -0.3 is 10.5 Å². The first kappa shape index (κ1) is 11.5. The standard InChI is InChI=1S/C14H16N2O/c1-2-5-14(16-17)15-13-9-8-11-6-3-4-7-12(11)10-13/h3-4,6-10,17H,2,5H2,1H3,(H,15,16). The van der Waals surface area contributed by atoms with Gasteiger partial charge in [-0.2, -0.15) is 0 Å². The summed E-state index contributed by atoms with van der Waals surface area (Å²) in [5, 5.41) is 17.6. The molecule has 0 aliphatic carbocycles. The lowest BCUT2D eigenvalue weighted by atomic mass is 10.1. The third-order valence-electron chi connectivity index (χ3n) is 2.65. The van der Waals surface area contributed by atoms with E-state index in [1.807, 2.05) is 25.1 Å². The summed E-state index contributed by atoms with van der Waals surface area (Å²) in [6, 6.07) is 14.3. The molecule has 0 fully saturated rings. The second-order valence-corrected chi connectivity index (χ2v) is 3.98. The molecule has 0 aromatic heterocycles. The van der Waals surface area contributed by atoms with Crippen molar-refractivity contribution in [2.24, 2.45) is 5.16 Å². The van der Waals surface area contributed by atoms with Gasteiger partial charge in [-0.05, 0) is 29.3 Å². The Morgan fingerprint density at radius 1 is 1.18 bits per heavy atom. The molecule has 0 radical (unpaired) electrons. The number of anilines is 1. The van der Waals surface area contributed by atoms with Crippen LogP contribution in [0.1, 0.15) is 19.8 Å². The van der Waals surface area contributed by atoms with Gasteiger partial charge in [0.15, 0.2) is 0 Å². The van der Waals surface area contributed by atoms with E-state index in [1.54, 1.807) is 0 Å². The van der Waals surface area contributed by atoms with Crippen LogP contribution in [0.15, 0.2) is 47.6 Å². The van der Waals surface area contributed by atoms with E-state index in [1.165, 1.54) is 10.8 Å². The Kier molecular flexibility index (Phi) is 3.60. The predicted octanol–water partition coefficient (Wildman–Crippen LogP) is 3.84. The lowest BCUT2D eigenvalue weighted by molar-refractivity contribution is 0.317. The second-order valence-electron chi connectivity index (χ2n) is 3.98. The van der Waals surface area contributed by atoms with E-state index in [-0.39, 0.29) is 0 Å². The SMILES string of the molecule is CCCC(=NO)Nc1ccc2ccccc2c1. The van der Waals surface area contributed by atoms with Crippen molar-refractivity contribution < 1.29 is 5.21 Å². The van der Waals surface area contributed by atoms with Crippen LogP contribution in [-0.2, 0) is 0 Å². The molecule has 0 atom stereocenters. The Morgan fingerprint density at radius 3 is 2.65 bits per heavy atom. The molecule has 2 N–H and O–H groups in total. The highest BCUT2D eigenvalue weighted by molar-refractivity contribution is 5.97. The number of benzene rings is 2. The van der Waals surface area contributed by atoms with E-state index in [0.717, 1.165) is 18.5 Å². The second kappa shape index (κ2) is 5.34. The highest BCUT2D eigenvalue weighted by Crippen LogP contribution is 2.19. The molecule has 0 bridgehead atoms. The van der Waals surface area contributed by atoms with Crippen molar-refractivity contribution in [1.82, 2.24) is 0 Å². The van der Waals surface area contributed by atoms with Gasteiger partial charge in [0.1, 0.15) is 5.84 Å². The number of nitrogens with one attached hydrogen (secondary N) is 1. The summed E-state index contributed by atoms with van der Waals surface area (Å²) < 4.78 is 0. The highest BCUT2D eigenvalue weighted by atomic mass is 16.4. The zero-order chi connectivity index (χ0) is 12.1. The van der Waals surface area contributed by atoms with Gasteiger partial charge in [0.05, 0.1) is 0 Å². The third kappa shape index (κ3) is 2.75. The summed E-state index contributed by atoms with van der Waals surface area (Å²) in [5.74, 6) is 0.600. The molecule has 3 nitrogen and oxygen atoms in total. The van der Waals surface area contributed by atoms with Crippen molar-refractivity contribution in [3.63, 3.8) is 0 Å². The molecule has 0 spiro atoms. The number of rotatable bonds is 3. The van der Waals surface area contributed by atoms with Gasteiger partial charge in [-0.3, -0.25) is 0 Å². The van der Waals surface area contributed by atoms with E-state index in [0.29, 0.717) is 5.84 Å².